The molecule has 1 aliphatic heterocycles. The second-order valence-electron chi connectivity index (χ2n) is 17.6. The average molecular weight is 966 g/mol. The summed E-state index contributed by atoms with van der Waals surface area (Å²) in [5.41, 5.74) is 2.06. The van der Waals surface area contributed by atoms with Gasteiger partial charge in [-0.2, -0.15) is 0 Å². The first-order valence-electron chi connectivity index (χ1n) is 24.7. The van der Waals surface area contributed by atoms with Crippen molar-refractivity contribution in [3.05, 3.63) is 47.5 Å². The topological polar surface area (TPSA) is 232 Å². The van der Waals surface area contributed by atoms with Crippen LogP contribution in [0.5, 0.6) is 11.5 Å². The molecule has 0 fully saturated rings. The lowest BCUT2D eigenvalue weighted by Crippen LogP contribution is -2.56. The Bertz CT molecular complexity index is 1980. The van der Waals surface area contributed by atoms with E-state index in [0.717, 1.165) is 37.0 Å². The molecule has 6 N–H and O–H groups in total. The molecule has 7 amide bonds. The van der Waals surface area contributed by atoms with Gasteiger partial charge in [-0.05, 0) is 62.1 Å². The van der Waals surface area contributed by atoms with Crippen LogP contribution in [0.25, 0.3) is 11.1 Å². The summed E-state index contributed by atoms with van der Waals surface area (Å²) in [5, 5.41) is 16.0. The zero-order valence-corrected chi connectivity index (χ0v) is 42.2. The van der Waals surface area contributed by atoms with Crippen molar-refractivity contribution in [3.63, 3.8) is 0 Å². The number of unbranched alkanes of at least 4 members (excludes halogenated alkanes) is 12. The van der Waals surface area contributed by atoms with Gasteiger partial charge in [-0.15, -0.1) is 0 Å². The van der Waals surface area contributed by atoms with Crippen LogP contribution in [0.4, 0.5) is 4.79 Å². The van der Waals surface area contributed by atoms with E-state index in [9.17, 15) is 33.6 Å². The molecule has 1 heterocycles. The maximum atomic E-state index is 14.2. The third-order valence-electron chi connectivity index (χ3n) is 12.1. The van der Waals surface area contributed by atoms with E-state index in [0.29, 0.717) is 46.9 Å². The van der Waals surface area contributed by atoms with E-state index in [1.165, 1.54) is 100 Å². The first kappa shape index (κ1) is 57.4. The summed E-state index contributed by atoms with van der Waals surface area (Å²) in [7, 11) is 5.57. The van der Waals surface area contributed by atoms with E-state index in [1.54, 1.807) is 36.4 Å². The minimum absolute atomic E-state index is 0.0631. The molecule has 0 saturated heterocycles. The quantitative estimate of drug-likeness (QED) is 0.0467. The van der Waals surface area contributed by atoms with Crippen molar-refractivity contribution in [3.8, 4) is 22.6 Å². The molecule has 0 aromatic heterocycles. The number of nitrogens with one attached hydrogen (secondary N) is 6. The highest BCUT2D eigenvalue weighted by atomic mass is 16.5. The lowest BCUT2D eigenvalue weighted by Gasteiger charge is -2.30. The van der Waals surface area contributed by atoms with Gasteiger partial charge in [0.25, 0.3) is 0 Å². The van der Waals surface area contributed by atoms with Crippen LogP contribution in [0.3, 0.4) is 0 Å². The summed E-state index contributed by atoms with van der Waals surface area (Å²) >= 11 is 0. The first-order valence-corrected chi connectivity index (χ1v) is 24.7. The Kier molecular flexibility index (Phi) is 26.0. The van der Waals surface area contributed by atoms with Crippen molar-refractivity contribution in [1.82, 2.24) is 36.8 Å². The first-order chi connectivity index (χ1) is 33.2. The molecule has 3 rings (SSSR count). The van der Waals surface area contributed by atoms with Crippen LogP contribution in [0, 0.1) is 0 Å². The summed E-state index contributed by atoms with van der Waals surface area (Å²) in [4.78, 5) is 95.2. The number of methoxy groups -OCH3 is 3. The Morgan fingerprint density at radius 1 is 0.725 bits per heavy atom. The Morgan fingerprint density at radius 3 is 1.93 bits per heavy atom. The van der Waals surface area contributed by atoms with Crippen molar-refractivity contribution >= 4 is 41.5 Å². The number of ether oxygens (including phenoxy) is 4. The second kappa shape index (κ2) is 31.3. The molecule has 1 aliphatic rings. The molecule has 0 saturated carbocycles. The van der Waals surface area contributed by atoms with E-state index < -0.39 is 78.3 Å². The van der Waals surface area contributed by atoms with E-state index in [2.05, 4.69) is 38.8 Å². The summed E-state index contributed by atoms with van der Waals surface area (Å²) in [5.74, 6) is -3.27. The van der Waals surface area contributed by atoms with Gasteiger partial charge in [0.2, 0.25) is 29.5 Å². The number of rotatable bonds is 28. The van der Waals surface area contributed by atoms with Crippen molar-refractivity contribution < 1.29 is 52.5 Å². The minimum Gasteiger partial charge on any atom is -0.496 e. The van der Waals surface area contributed by atoms with E-state index >= 15 is 0 Å². The molecule has 0 unspecified atom stereocenters. The smallest absolute Gasteiger partial charge is 0.328 e. The van der Waals surface area contributed by atoms with Crippen molar-refractivity contribution in [2.24, 2.45) is 0 Å². The molecule has 4 bridgehead atoms. The number of fused-ring (bicyclic) bond motifs is 5. The molecule has 384 valence electrons. The fraction of sp³-hybridized carbons (Fsp3) is 0.627. The van der Waals surface area contributed by atoms with Crippen LogP contribution >= 0.6 is 0 Å². The minimum atomic E-state index is -1.34. The number of carbonyl (C=O) groups is 7. The molecule has 18 nitrogen and oxygen atoms in total. The monoisotopic (exact) mass is 966 g/mol. The van der Waals surface area contributed by atoms with Crippen molar-refractivity contribution in [2.75, 3.05) is 54.7 Å². The molecular weight excluding hydrogens is 887 g/mol. The highest BCUT2D eigenvalue weighted by Crippen LogP contribution is 2.39. The lowest BCUT2D eigenvalue weighted by molar-refractivity contribution is -0.145. The van der Waals surface area contributed by atoms with Crippen LogP contribution in [-0.2, 0) is 44.7 Å². The number of nitrogens with zero attached hydrogens (tertiary/aromatic N) is 1. The third-order valence-corrected chi connectivity index (χ3v) is 12.1. The van der Waals surface area contributed by atoms with Gasteiger partial charge in [0.05, 0.1) is 34.5 Å². The number of hydrogen-bond acceptors (Lipinski definition) is 11. The predicted molar refractivity (Wildman–Crippen MR) is 263 cm³/mol. The predicted octanol–water partition coefficient (Wildman–Crippen LogP) is 5.40. The van der Waals surface area contributed by atoms with Gasteiger partial charge in [-0.3, -0.25) is 24.0 Å². The molecule has 0 aliphatic carbocycles. The molecule has 69 heavy (non-hydrogen) atoms. The molecule has 0 radical (unpaired) electrons. The van der Waals surface area contributed by atoms with Crippen LogP contribution in [-0.4, -0.2) is 125 Å². The summed E-state index contributed by atoms with van der Waals surface area (Å²) in [6.07, 6.45) is 16.1. The van der Waals surface area contributed by atoms with Crippen LogP contribution in [0.1, 0.15) is 135 Å². The standard InChI is InChI=1S/C51H79N7O11/c1-9-11-13-14-15-16-17-18-19-20-21-22-27-52-51(65)57-41(33-69-28-12-10-2)48(62)54-34(3)46(60)53-32-44(59)58(5)45-37-24-26-43(67-7)39(31-37)38-29-36(23-25-42(38)66-6)30-40(50(64)68-8)56-47(61)35(4)55-49(45)63/h23-26,29,31,34-35,40-41,45H,9-22,27-28,30,32-33H2,1-8H3,(H,53,60)(H,54,62)(H,55,63)(H,56,61)(H2,52,57,65)/t34-,35+,40+,41-,45+/m1/s1. The van der Waals surface area contributed by atoms with Gasteiger partial charge in [-0.1, -0.05) is 103 Å². The van der Waals surface area contributed by atoms with Gasteiger partial charge >= 0.3 is 12.0 Å². The number of carbonyl (C=O) groups excluding carboxylic acids is 7. The number of hydrogen-bond donors (Lipinski definition) is 6. The van der Waals surface area contributed by atoms with E-state index in [-0.39, 0.29) is 13.0 Å². The maximum Gasteiger partial charge on any atom is 0.328 e. The number of urea groups is 1. The average Bonchev–Trinajstić information content (AvgIpc) is 3.34. The Balaban J connectivity index is 1.69. The number of likely N-dealkylation sites (N-methyl/N-ethyl adjacent to an activating group) is 1. The maximum absolute atomic E-state index is 14.2. The fourth-order valence-corrected chi connectivity index (χ4v) is 7.95. The number of benzene rings is 2. The highest BCUT2D eigenvalue weighted by Gasteiger charge is 2.34. The summed E-state index contributed by atoms with van der Waals surface area (Å²) in [6.45, 7) is 7.26. The number of amides is 7. The van der Waals surface area contributed by atoms with Gasteiger partial charge < -0.3 is 55.7 Å². The zero-order valence-electron chi connectivity index (χ0n) is 42.2. The van der Waals surface area contributed by atoms with Crippen LogP contribution in [0.15, 0.2) is 36.4 Å². The van der Waals surface area contributed by atoms with Crippen molar-refractivity contribution in [1.29, 1.82) is 0 Å². The van der Waals surface area contributed by atoms with Crippen LogP contribution < -0.4 is 41.4 Å². The zero-order chi connectivity index (χ0) is 50.7. The lowest BCUT2D eigenvalue weighted by atomic mass is 9.93. The number of esters is 1. The molecule has 0 spiro atoms. The van der Waals surface area contributed by atoms with E-state index in [4.69, 9.17) is 18.9 Å². The molecular formula is C51H79N7O11. The van der Waals surface area contributed by atoms with Gasteiger partial charge in [0.15, 0.2) is 0 Å². The summed E-state index contributed by atoms with van der Waals surface area (Å²) < 4.78 is 22.1. The molecule has 18 heteroatoms. The fourth-order valence-electron chi connectivity index (χ4n) is 7.95. The largest absolute Gasteiger partial charge is 0.496 e. The van der Waals surface area contributed by atoms with Gasteiger partial charge in [-0.25, -0.2) is 9.59 Å². The summed E-state index contributed by atoms with van der Waals surface area (Å²) in [6, 6.07) is 3.81. The molecule has 2 aromatic carbocycles. The van der Waals surface area contributed by atoms with E-state index in [1.807, 2.05) is 6.92 Å². The third kappa shape index (κ3) is 19.2. The van der Waals surface area contributed by atoms with Crippen LogP contribution in [0.2, 0.25) is 0 Å². The highest BCUT2D eigenvalue weighted by molar-refractivity contribution is 5.96. The Labute approximate surface area is 408 Å². The normalized spacial score (nSPS) is 16.6. The van der Waals surface area contributed by atoms with Gasteiger partial charge in [0, 0.05) is 37.7 Å². The molecule has 2 aromatic rings. The Morgan fingerprint density at radius 2 is 1.32 bits per heavy atom. The van der Waals surface area contributed by atoms with Crippen molar-refractivity contribution in [2.45, 2.75) is 154 Å². The SMILES string of the molecule is CCCCCCCCCCCCCCNC(=O)N[C@H](COCCCC)C(=O)N[C@H](C)C(=O)NCC(=O)N(C)[C@@H]1C(=O)N[C@@H](C)C(=O)N[C@H](C(=O)OC)Cc2ccc(OC)c(c2)-c2cc1ccc2OC. The molecule has 5 atom stereocenters. The second-order valence-corrected chi connectivity index (χ2v) is 17.6. The Hall–Kier alpha value is -5.91. The van der Waals surface area contributed by atoms with Gasteiger partial charge in [0.1, 0.15) is 41.7 Å².